The van der Waals surface area contributed by atoms with Crippen LogP contribution >= 0.6 is 0 Å². The highest BCUT2D eigenvalue weighted by molar-refractivity contribution is 5.38. The summed E-state index contributed by atoms with van der Waals surface area (Å²) in [6, 6.07) is 8.52. The molecule has 3 heteroatoms. The Hall–Kier alpha value is -1.53. The molecule has 0 spiro atoms. The summed E-state index contributed by atoms with van der Waals surface area (Å²) >= 11 is 0. The van der Waals surface area contributed by atoms with E-state index in [2.05, 4.69) is 32.0 Å². The van der Waals surface area contributed by atoms with Gasteiger partial charge in [0.1, 0.15) is 5.75 Å². The second-order valence-electron chi connectivity index (χ2n) is 4.87. The summed E-state index contributed by atoms with van der Waals surface area (Å²) in [5, 5.41) is 8.64. The first-order valence-electron chi connectivity index (χ1n) is 6.30. The van der Waals surface area contributed by atoms with Gasteiger partial charge in [-0.25, -0.2) is 0 Å². The monoisotopic (exact) mass is 246 g/mol. The molecule has 1 rings (SSSR count). The number of hydrogen-bond acceptors (Lipinski definition) is 3. The smallest absolute Gasteiger partial charge is 0.122 e. The van der Waals surface area contributed by atoms with Crippen LogP contribution in [0, 0.1) is 11.3 Å². The van der Waals surface area contributed by atoms with Crippen molar-refractivity contribution < 1.29 is 4.74 Å². The molecule has 0 heterocycles. The molecule has 3 nitrogen and oxygen atoms in total. The van der Waals surface area contributed by atoms with Crippen molar-refractivity contribution in [3.05, 3.63) is 29.3 Å². The Bertz CT molecular complexity index is 421. The van der Waals surface area contributed by atoms with Gasteiger partial charge in [-0.15, -0.1) is 0 Å². The van der Waals surface area contributed by atoms with Crippen LogP contribution in [0.4, 0.5) is 0 Å². The van der Waals surface area contributed by atoms with E-state index < -0.39 is 0 Å². The van der Waals surface area contributed by atoms with Crippen molar-refractivity contribution in [1.82, 2.24) is 4.90 Å². The number of ether oxygens (including phenoxy) is 1. The van der Waals surface area contributed by atoms with E-state index in [1.54, 1.807) is 7.11 Å². The van der Waals surface area contributed by atoms with Crippen LogP contribution in [0.1, 0.15) is 30.9 Å². The van der Waals surface area contributed by atoms with Gasteiger partial charge in [0.25, 0.3) is 0 Å². The van der Waals surface area contributed by atoms with Gasteiger partial charge in [0.2, 0.25) is 0 Å². The molecule has 0 aromatic heterocycles. The molecular formula is C15H22N2O. The number of methoxy groups -OCH3 is 1. The zero-order chi connectivity index (χ0) is 13.5. The van der Waals surface area contributed by atoms with E-state index in [0.717, 1.165) is 18.7 Å². The van der Waals surface area contributed by atoms with Crippen LogP contribution in [-0.4, -0.2) is 32.1 Å². The molecule has 0 saturated carbocycles. The molecule has 0 bridgehead atoms. The molecule has 0 aliphatic heterocycles. The lowest BCUT2D eigenvalue weighted by Gasteiger charge is -2.16. The Kier molecular flexibility index (Phi) is 5.67. The summed E-state index contributed by atoms with van der Waals surface area (Å²) in [6.07, 6.45) is 0.905. The minimum absolute atomic E-state index is 0.464. The molecule has 0 aliphatic carbocycles. The van der Waals surface area contributed by atoms with E-state index in [1.165, 1.54) is 11.1 Å². The third kappa shape index (κ3) is 4.05. The van der Waals surface area contributed by atoms with E-state index in [1.807, 2.05) is 18.0 Å². The fraction of sp³-hybridized carbons (Fsp3) is 0.533. The van der Waals surface area contributed by atoms with Crippen LogP contribution in [0.15, 0.2) is 18.2 Å². The van der Waals surface area contributed by atoms with Gasteiger partial charge < -0.3 is 4.74 Å². The maximum Gasteiger partial charge on any atom is 0.122 e. The fourth-order valence-electron chi connectivity index (χ4n) is 1.86. The van der Waals surface area contributed by atoms with Gasteiger partial charge in [0.15, 0.2) is 0 Å². The van der Waals surface area contributed by atoms with Crippen LogP contribution in [0.3, 0.4) is 0 Å². The number of likely N-dealkylation sites (N-methyl/N-ethyl adjacent to an activating group) is 1. The van der Waals surface area contributed by atoms with Gasteiger partial charge >= 0.3 is 0 Å². The molecule has 1 aromatic carbocycles. The highest BCUT2D eigenvalue weighted by atomic mass is 16.5. The molecule has 98 valence electrons. The van der Waals surface area contributed by atoms with Crippen LogP contribution < -0.4 is 4.74 Å². The van der Waals surface area contributed by atoms with Gasteiger partial charge in [0, 0.05) is 6.54 Å². The zero-order valence-electron chi connectivity index (χ0n) is 11.7. The molecule has 18 heavy (non-hydrogen) atoms. The SMILES string of the molecule is COc1ccc(C(C)C)cc1CCN(C)CC#N. The first kappa shape index (κ1) is 14.5. The van der Waals surface area contributed by atoms with Crippen LogP contribution in [0.5, 0.6) is 5.75 Å². The van der Waals surface area contributed by atoms with E-state index in [9.17, 15) is 0 Å². The summed E-state index contributed by atoms with van der Waals surface area (Å²) in [5.41, 5.74) is 2.54. The number of rotatable bonds is 6. The van der Waals surface area contributed by atoms with Gasteiger partial charge in [-0.3, -0.25) is 4.90 Å². The van der Waals surface area contributed by atoms with E-state index in [-0.39, 0.29) is 0 Å². The highest BCUT2D eigenvalue weighted by Crippen LogP contribution is 2.24. The van der Waals surface area contributed by atoms with Gasteiger partial charge in [-0.1, -0.05) is 26.0 Å². The molecule has 0 atom stereocenters. The van der Waals surface area contributed by atoms with Crippen molar-refractivity contribution in [2.24, 2.45) is 0 Å². The largest absolute Gasteiger partial charge is 0.496 e. The predicted molar refractivity (Wildman–Crippen MR) is 73.9 cm³/mol. The summed E-state index contributed by atoms with van der Waals surface area (Å²) in [7, 11) is 3.66. The average molecular weight is 246 g/mol. The van der Waals surface area contributed by atoms with E-state index in [0.29, 0.717) is 12.5 Å². The Morgan fingerprint density at radius 3 is 2.67 bits per heavy atom. The third-order valence-corrected chi connectivity index (χ3v) is 3.07. The Morgan fingerprint density at radius 1 is 1.39 bits per heavy atom. The second kappa shape index (κ2) is 7.03. The van der Waals surface area contributed by atoms with Crippen molar-refractivity contribution in [2.45, 2.75) is 26.2 Å². The van der Waals surface area contributed by atoms with Crippen molar-refractivity contribution in [2.75, 3.05) is 27.2 Å². The number of hydrogen-bond donors (Lipinski definition) is 0. The van der Waals surface area contributed by atoms with Gasteiger partial charge in [-0.05, 0) is 36.6 Å². The lowest BCUT2D eigenvalue weighted by atomic mass is 9.99. The number of nitrogens with zero attached hydrogens (tertiary/aromatic N) is 2. The molecule has 0 saturated heterocycles. The standard InChI is InChI=1S/C15H22N2O/c1-12(2)13-5-6-15(18-4)14(11-13)7-9-17(3)10-8-16/h5-6,11-12H,7,9-10H2,1-4H3. The average Bonchev–Trinajstić information content (AvgIpc) is 2.36. The molecule has 0 unspecified atom stereocenters. The normalized spacial score (nSPS) is 10.7. The summed E-state index contributed by atoms with van der Waals surface area (Å²) < 4.78 is 5.39. The van der Waals surface area contributed by atoms with E-state index >= 15 is 0 Å². The molecule has 0 fully saturated rings. The maximum absolute atomic E-state index is 8.64. The Morgan fingerprint density at radius 2 is 2.11 bits per heavy atom. The Balaban J connectivity index is 2.79. The van der Waals surface area contributed by atoms with Crippen LogP contribution in [0.2, 0.25) is 0 Å². The molecule has 0 amide bonds. The first-order chi connectivity index (χ1) is 8.58. The minimum atomic E-state index is 0.464. The highest BCUT2D eigenvalue weighted by Gasteiger charge is 2.08. The van der Waals surface area contributed by atoms with Gasteiger partial charge in [0.05, 0.1) is 19.7 Å². The summed E-state index contributed by atoms with van der Waals surface area (Å²) in [6.45, 7) is 5.71. The van der Waals surface area contributed by atoms with E-state index in [4.69, 9.17) is 10.00 Å². The quantitative estimate of drug-likeness (QED) is 0.724. The first-order valence-corrected chi connectivity index (χ1v) is 6.30. The minimum Gasteiger partial charge on any atom is -0.496 e. The van der Waals surface area contributed by atoms with Crippen molar-refractivity contribution in [1.29, 1.82) is 5.26 Å². The zero-order valence-corrected chi connectivity index (χ0v) is 11.7. The number of nitriles is 1. The van der Waals surface area contributed by atoms with Crippen LogP contribution in [-0.2, 0) is 6.42 Å². The second-order valence-corrected chi connectivity index (χ2v) is 4.87. The lowest BCUT2D eigenvalue weighted by molar-refractivity contribution is 0.370. The predicted octanol–water partition coefficient (Wildman–Crippen LogP) is 2.82. The molecule has 0 radical (unpaired) electrons. The summed E-state index contributed by atoms with van der Waals surface area (Å²) in [5.74, 6) is 1.45. The molecule has 0 aliphatic rings. The van der Waals surface area contributed by atoms with Crippen molar-refractivity contribution in [3.8, 4) is 11.8 Å². The maximum atomic E-state index is 8.64. The van der Waals surface area contributed by atoms with Crippen LogP contribution in [0.25, 0.3) is 0 Å². The van der Waals surface area contributed by atoms with Gasteiger partial charge in [-0.2, -0.15) is 5.26 Å². The summed E-state index contributed by atoms with van der Waals surface area (Å²) in [4.78, 5) is 2.02. The third-order valence-electron chi connectivity index (χ3n) is 3.07. The molecular weight excluding hydrogens is 224 g/mol. The molecule has 0 N–H and O–H groups in total. The van der Waals surface area contributed by atoms with Crippen molar-refractivity contribution >= 4 is 0 Å². The topological polar surface area (TPSA) is 36.3 Å². The fourth-order valence-corrected chi connectivity index (χ4v) is 1.86. The molecule has 1 aromatic rings. The Labute approximate surface area is 110 Å². The van der Waals surface area contributed by atoms with Crippen molar-refractivity contribution in [3.63, 3.8) is 0 Å². The lowest BCUT2D eigenvalue weighted by Crippen LogP contribution is -2.21. The number of benzene rings is 1.